The van der Waals surface area contributed by atoms with Crippen LogP contribution in [0.25, 0.3) is 11.3 Å². The van der Waals surface area contributed by atoms with Gasteiger partial charge in [0.05, 0.1) is 18.2 Å². The number of ether oxygens (including phenoxy) is 1. The second kappa shape index (κ2) is 5.72. The van der Waals surface area contributed by atoms with Gasteiger partial charge in [-0.3, -0.25) is 9.48 Å². The Morgan fingerprint density at radius 1 is 1.13 bits per heavy atom. The number of aromatic nitrogens is 2. The lowest BCUT2D eigenvalue weighted by molar-refractivity contribution is -0.0884. The smallest absolute Gasteiger partial charge is 0.455 e. The molecule has 4 nitrogen and oxygen atoms in total. The van der Waals surface area contributed by atoms with Crippen molar-refractivity contribution < 1.29 is 22.7 Å². The van der Waals surface area contributed by atoms with E-state index in [2.05, 4.69) is 5.10 Å². The highest BCUT2D eigenvalue weighted by Crippen LogP contribution is 2.31. The Kier molecular flexibility index (Phi) is 4.24. The number of ketones is 1. The van der Waals surface area contributed by atoms with Crippen molar-refractivity contribution in [3.8, 4) is 17.0 Å². The van der Waals surface area contributed by atoms with E-state index in [0.29, 0.717) is 11.3 Å². The number of hydrogen-bond acceptors (Lipinski definition) is 3. The largest absolute Gasteiger partial charge is 0.497 e. The van der Waals surface area contributed by atoms with Gasteiger partial charge in [0.2, 0.25) is 0 Å². The topological polar surface area (TPSA) is 44.1 Å². The van der Waals surface area contributed by atoms with Crippen molar-refractivity contribution in [2.75, 3.05) is 7.11 Å². The third-order valence-corrected chi connectivity index (χ3v) is 3.27. The summed E-state index contributed by atoms with van der Waals surface area (Å²) in [7, 11) is 1.49. The molecule has 23 heavy (non-hydrogen) atoms. The molecule has 0 atom stereocenters. The summed E-state index contributed by atoms with van der Waals surface area (Å²) in [5.41, 5.74) is -0.588. The molecule has 0 aliphatic carbocycles. The van der Waals surface area contributed by atoms with E-state index in [1.54, 1.807) is 45.0 Å². The van der Waals surface area contributed by atoms with Gasteiger partial charge in [0.1, 0.15) is 11.4 Å². The standard InChI is InChI=1S/C16H17F3N2O2/c1-15(2,3)21-9-12(14(22)16(17,18)19)13(20-21)10-5-7-11(23-4)8-6-10/h5-9H,1-4H3. The van der Waals surface area contributed by atoms with Crippen LogP contribution in [0.2, 0.25) is 0 Å². The average Bonchev–Trinajstić information content (AvgIpc) is 2.90. The SMILES string of the molecule is COc1ccc(-c2nn(C(C)(C)C)cc2C(=O)C(F)(F)F)cc1. The van der Waals surface area contributed by atoms with Crippen molar-refractivity contribution in [2.45, 2.75) is 32.5 Å². The van der Waals surface area contributed by atoms with E-state index in [4.69, 9.17) is 4.74 Å². The zero-order valence-corrected chi connectivity index (χ0v) is 13.2. The van der Waals surface area contributed by atoms with Crippen LogP contribution in [0.1, 0.15) is 31.1 Å². The van der Waals surface area contributed by atoms with Crippen LogP contribution in [0.4, 0.5) is 13.2 Å². The monoisotopic (exact) mass is 326 g/mol. The van der Waals surface area contributed by atoms with Gasteiger partial charge in [-0.15, -0.1) is 0 Å². The van der Waals surface area contributed by atoms with Gasteiger partial charge in [-0.2, -0.15) is 18.3 Å². The molecular weight excluding hydrogens is 309 g/mol. The molecular formula is C16H17F3N2O2. The minimum Gasteiger partial charge on any atom is -0.497 e. The predicted octanol–water partition coefficient (Wildman–Crippen LogP) is 4.06. The van der Waals surface area contributed by atoms with Gasteiger partial charge in [0, 0.05) is 11.8 Å². The number of nitrogens with zero attached hydrogens (tertiary/aromatic N) is 2. The van der Waals surface area contributed by atoms with E-state index in [-0.39, 0.29) is 5.69 Å². The van der Waals surface area contributed by atoms with E-state index < -0.39 is 23.1 Å². The van der Waals surface area contributed by atoms with Gasteiger partial charge < -0.3 is 4.74 Å². The number of methoxy groups -OCH3 is 1. The van der Waals surface area contributed by atoms with Crippen LogP contribution in [0.5, 0.6) is 5.75 Å². The second-order valence-electron chi connectivity index (χ2n) is 6.06. The van der Waals surface area contributed by atoms with Crippen LogP contribution in [0.3, 0.4) is 0 Å². The highest BCUT2D eigenvalue weighted by atomic mass is 19.4. The highest BCUT2D eigenvalue weighted by molar-refractivity contribution is 6.04. The maximum absolute atomic E-state index is 12.8. The number of alkyl halides is 3. The first-order valence-electron chi connectivity index (χ1n) is 6.90. The van der Waals surface area contributed by atoms with Crippen molar-refractivity contribution >= 4 is 5.78 Å². The molecule has 0 aliphatic heterocycles. The van der Waals surface area contributed by atoms with E-state index in [1.165, 1.54) is 11.8 Å². The lowest BCUT2D eigenvalue weighted by Crippen LogP contribution is -2.24. The number of hydrogen-bond donors (Lipinski definition) is 0. The fraction of sp³-hybridized carbons (Fsp3) is 0.375. The Labute approximate surface area is 131 Å². The zero-order chi connectivity index (χ0) is 17.4. The molecule has 0 fully saturated rings. The Balaban J connectivity index is 2.60. The van der Waals surface area contributed by atoms with Crippen molar-refractivity contribution in [1.29, 1.82) is 0 Å². The summed E-state index contributed by atoms with van der Waals surface area (Å²) in [5.74, 6) is -1.34. The third kappa shape index (κ3) is 3.55. The van der Waals surface area contributed by atoms with Crippen molar-refractivity contribution in [3.05, 3.63) is 36.0 Å². The first kappa shape index (κ1) is 17.1. The molecule has 0 amide bonds. The van der Waals surface area contributed by atoms with Crippen LogP contribution >= 0.6 is 0 Å². The highest BCUT2D eigenvalue weighted by Gasteiger charge is 2.42. The summed E-state index contributed by atoms with van der Waals surface area (Å²) in [6.45, 7) is 5.37. The molecule has 0 saturated heterocycles. The summed E-state index contributed by atoms with van der Waals surface area (Å²) in [6, 6.07) is 6.35. The predicted molar refractivity (Wildman–Crippen MR) is 79.6 cm³/mol. The molecule has 0 unspecified atom stereocenters. The molecule has 2 rings (SSSR count). The van der Waals surface area contributed by atoms with E-state index in [9.17, 15) is 18.0 Å². The first-order valence-corrected chi connectivity index (χ1v) is 6.90. The third-order valence-electron chi connectivity index (χ3n) is 3.27. The molecule has 1 heterocycles. The maximum Gasteiger partial charge on any atom is 0.455 e. The second-order valence-corrected chi connectivity index (χ2v) is 6.06. The first-order chi connectivity index (χ1) is 10.5. The molecule has 0 saturated carbocycles. The van der Waals surface area contributed by atoms with Gasteiger partial charge in [-0.25, -0.2) is 0 Å². The van der Waals surface area contributed by atoms with Crippen LogP contribution < -0.4 is 4.74 Å². The summed E-state index contributed by atoms with van der Waals surface area (Å²) in [6.07, 6.45) is -3.80. The molecule has 124 valence electrons. The average molecular weight is 326 g/mol. The van der Waals surface area contributed by atoms with Crippen molar-refractivity contribution in [2.24, 2.45) is 0 Å². The number of rotatable bonds is 3. The number of Topliss-reactive ketones (excluding diaryl/α,β-unsaturated/α-hetero) is 1. The minimum atomic E-state index is -4.95. The Bertz CT molecular complexity index is 710. The van der Waals surface area contributed by atoms with Gasteiger partial charge in [-0.05, 0) is 45.0 Å². The molecule has 0 N–H and O–H groups in total. The van der Waals surface area contributed by atoms with Crippen molar-refractivity contribution in [1.82, 2.24) is 9.78 Å². The van der Waals surface area contributed by atoms with E-state index in [1.807, 2.05) is 0 Å². The lowest BCUT2D eigenvalue weighted by atomic mass is 10.0. The van der Waals surface area contributed by atoms with Crippen molar-refractivity contribution in [3.63, 3.8) is 0 Å². The number of halogens is 3. The zero-order valence-electron chi connectivity index (χ0n) is 13.2. The molecule has 0 radical (unpaired) electrons. The van der Waals surface area contributed by atoms with Gasteiger partial charge in [0.15, 0.2) is 0 Å². The molecule has 7 heteroatoms. The summed E-state index contributed by atoms with van der Waals surface area (Å²) >= 11 is 0. The quantitative estimate of drug-likeness (QED) is 0.799. The fourth-order valence-corrected chi connectivity index (χ4v) is 2.00. The van der Waals surface area contributed by atoms with Crippen LogP contribution in [-0.2, 0) is 5.54 Å². The van der Waals surface area contributed by atoms with Gasteiger partial charge >= 0.3 is 6.18 Å². The molecule has 0 bridgehead atoms. The van der Waals surface area contributed by atoms with Crippen LogP contribution in [0.15, 0.2) is 30.5 Å². The molecule has 1 aromatic carbocycles. The fourth-order valence-electron chi connectivity index (χ4n) is 2.00. The number of carbonyl (C=O) groups excluding carboxylic acids is 1. The van der Waals surface area contributed by atoms with Crippen LogP contribution in [0, 0.1) is 0 Å². The normalized spacial score (nSPS) is 12.3. The maximum atomic E-state index is 12.8. The van der Waals surface area contributed by atoms with Gasteiger partial charge in [0.25, 0.3) is 5.78 Å². The summed E-state index contributed by atoms with van der Waals surface area (Å²) in [5, 5.41) is 4.20. The Hall–Kier alpha value is -2.31. The van der Waals surface area contributed by atoms with E-state index in [0.717, 1.165) is 6.20 Å². The number of benzene rings is 1. The number of carbonyl (C=O) groups is 1. The molecule has 1 aromatic heterocycles. The molecule has 0 aliphatic rings. The van der Waals surface area contributed by atoms with E-state index >= 15 is 0 Å². The molecule has 0 spiro atoms. The lowest BCUT2D eigenvalue weighted by Gasteiger charge is -2.18. The Morgan fingerprint density at radius 3 is 2.13 bits per heavy atom. The van der Waals surface area contributed by atoms with Crippen LogP contribution in [-0.4, -0.2) is 28.8 Å². The summed E-state index contributed by atoms with van der Waals surface area (Å²) in [4.78, 5) is 11.7. The molecule has 2 aromatic rings. The minimum absolute atomic E-state index is 0.00454. The van der Waals surface area contributed by atoms with Gasteiger partial charge in [-0.1, -0.05) is 0 Å². The summed E-state index contributed by atoms with van der Waals surface area (Å²) < 4.78 is 44.9. The Morgan fingerprint density at radius 2 is 1.70 bits per heavy atom.